The third kappa shape index (κ3) is 2.74. The van der Waals surface area contributed by atoms with Gasteiger partial charge in [0.2, 0.25) is 0 Å². The summed E-state index contributed by atoms with van der Waals surface area (Å²) in [5, 5.41) is 0. The van der Waals surface area contributed by atoms with Crippen molar-refractivity contribution in [1.82, 2.24) is 4.90 Å². The minimum absolute atomic E-state index is 0.826. The molecule has 1 aliphatic rings. The summed E-state index contributed by atoms with van der Waals surface area (Å²) in [5.74, 6) is 0. The molecule has 0 bridgehead atoms. The molecule has 0 aliphatic carbocycles. The second-order valence-electron chi connectivity index (χ2n) is 3.09. The SMILES string of the molecule is CC(C=O)=CN1CCCCC1. The Kier molecular flexibility index (Phi) is 3.14. The predicted molar refractivity (Wildman–Crippen MR) is 45.2 cm³/mol. The van der Waals surface area contributed by atoms with E-state index in [1.165, 1.54) is 19.3 Å². The number of piperidine rings is 1. The van der Waals surface area contributed by atoms with Crippen molar-refractivity contribution in [3.05, 3.63) is 11.8 Å². The van der Waals surface area contributed by atoms with Gasteiger partial charge in [0, 0.05) is 24.9 Å². The highest BCUT2D eigenvalue weighted by Gasteiger charge is 2.05. The minimum atomic E-state index is 0.826. The fourth-order valence-corrected chi connectivity index (χ4v) is 1.37. The standard InChI is InChI=1S/C9H15NO/c1-9(8-11)7-10-5-3-2-4-6-10/h7-8H,2-6H2,1H3. The Labute approximate surface area is 67.9 Å². The molecule has 2 heteroatoms. The Bertz CT molecular complexity index is 157. The van der Waals surface area contributed by atoms with E-state index in [-0.39, 0.29) is 0 Å². The van der Waals surface area contributed by atoms with Gasteiger partial charge in [0.25, 0.3) is 0 Å². The van der Waals surface area contributed by atoms with Crippen LogP contribution in [0.25, 0.3) is 0 Å². The van der Waals surface area contributed by atoms with Crippen LogP contribution in [0.3, 0.4) is 0 Å². The van der Waals surface area contributed by atoms with Crippen molar-refractivity contribution in [2.75, 3.05) is 13.1 Å². The van der Waals surface area contributed by atoms with Gasteiger partial charge in [-0.3, -0.25) is 4.79 Å². The van der Waals surface area contributed by atoms with E-state index in [1.54, 1.807) is 0 Å². The molecule has 1 saturated heterocycles. The lowest BCUT2D eigenvalue weighted by atomic mass is 10.1. The van der Waals surface area contributed by atoms with Crippen molar-refractivity contribution >= 4 is 6.29 Å². The fourth-order valence-electron chi connectivity index (χ4n) is 1.37. The number of nitrogens with zero attached hydrogens (tertiary/aromatic N) is 1. The molecule has 0 saturated carbocycles. The molecule has 0 aromatic rings. The molecule has 1 aliphatic heterocycles. The molecule has 2 nitrogen and oxygen atoms in total. The van der Waals surface area contributed by atoms with Crippen LogP contribution in [0.5, 0.6) is 0 Å². The summed E-state index contributed by atoms with van der Waals surface area (Å²) < 4.78 is 0. The molecule has 0 radical (unpaired) electrons. The van der Waals surface area contributed by atoms with Crippen LogP contribution in [-0.4, -0.2) is 24.3 Å². The number of aldehydes is 1. The van der Waals surface area contributed by atoms with Crippen LogP contribution < -0.4 is 0 Å². The van der Waals surface area contributed by atoms with E-state index < -0.39 is 0 Å². The Morgan fingerprint density at radius 3 is 2.45 bits per heavy atom. The van der Waals surface area contributed by atoms with E-state index >= 15 is 0 Å². The number of rotatable bonds is 2. The normalized spacial score (nSPS) is 20.1. The van der Waals surface area contributed by atoms with E-state index in [1.807, 2.05) is 13.1 Å². The molecule has 0 unspecified atom stereocenters. The van der Waals surface area contributed by atoms with E-state index in [4.69, 9.17) is 0 Å². The molecule has 0 aromatic carbocycles. The van der Waals surface area contributed by atoms with Gasteiger partial charge >= 0.3 is 0 Å². The van der Waals surface area contributed by atoms with Gasteiger partial charge in [-0.1, -0.05) is 0 Å². The third-order valence-electron chi connectivity index (χ3n) is 1.96. The van der Waals surface area contributed by atoms with Gasteiger partial charge in [0.15, 0.2) is 0 Å². The van der Waals surface area contributed by atoms with Gasteiger partial charge in [-0.05, 0) is 26.2 Å². The van der Waals surface area contributed by atoms with Crippen molar-refractivity contribution in [1.29, 1.82) is 0 Å². The zero-order valence-corrected chi connectivity index (χ0v) is 7.05. The number of allylic oxidation sites excluding steroid dienone is 1. The van der Waals surface area contributed by atoms with Gasteiger partial charge < -0.3 is 4.90 Å². The molecule has 1 heterocycles. The average Bonchev–Trinajstić information content (AvgIpc) is 2.06. The van der Waals surface area contributed by atoms with Gasteiger partial charge in [-0.15, -0.1) is 0 Å². The van der Waals surface area contributed by atoms with Crippen LogP contribution in [0, 0.1) is 0 Å². The number of carbonyl (C=O) groups is 1. The molecule has 1 fully saturated rings. The zero-order valence-electron chi connectivity index (χ0n) is 7.05. The lowest BCUT2D eigenvalue weighted by Crippen LogP contribution is -2.24. The lowest BCUT2D eigenvalue weighted by Gasteiger charge is -2.25. The van der Waals surface area contributed by atoms with E-state index in [9.17, 15) is 4.79 Å². The summed E-state index contributed by atoms with van der Waals surface area (Å²) in [6, 6.07) is 0. The number of hydrogen-bond acceptors (Lipinski definition) is 2. The highest BCUT2D eigenvalue weighted by atomic mass is 16.1. The summed E-state index contributed by atoms with van der Waals surface area (Å²) in [6.07, 6.45) is 6.75. The number of likely N-dealkylation sites (tertiary alicyclic amines) is 1. The monoisotopic (exact) mass is 153 g/mol. The average molecular weight is 153 g/mol. The number of hydrogen-bond donors (Lipinski definition) is 0. The van der Waals surface area contributed by atoms with Gasteiger partial charge in [0.05, 0.1) is 0 Å². The van der Waals surface area contributed by atoms with Crippen molar-refractivity contribution in [3.63, 3.8) is 0 Å². The topological polar surface area (TPSA) is 20.3 Å². The largest absolute Gasteiger partial charge is 0.377 e. The maximum Gasteiger partial charge on any atom is 0.147 e. The van der Waals surface area contributed by atoms with Crippen molar-refractivity contribution in [2.24, 2.45) is 0 Å². The zero-order chi connectivity index (χ0) is 8.10. The van der Waals surface area contributed by atoms with Crippen molar-refractivity contribution < 1.29 is 4.79 Å². The molecular weight excluding hydrogens is 138 g/mol. The molecule has 11 heavy (non-hydrogen) atoms. The van der Waals surface area contributed by atoms with Gasteiger partial charge in [-0.2, -0.15) is 0 Å². The summed E-state index contributed by atoms with van der Waals surface area (Å²) in [7, 11) is 0. The van der Waals surface area contributed by atoms with E-state index in [0.717, 1.165) is 24.9 Å². The van der Waals surface area contributed by atoms with Crippen molar-refractivity contribution in [2.45, 2.75) is 26.2 Å². The van der Waals surface area contributed by atoms with Gasteiger partial charge in [-0.25, -0.2) is 0 Å². The Morgan fingerprint density at radius 2 is 1.91 bits per heavy atom. The molecule has 1 rings (SSSR count). The second kappa shape index (κ2) is 4.16. The molecule has 0 aromatic heterocycles. The molecule has 0 spiro atoms. The quantitative estimate of drug-likeness (QED) is 0.443. The Morgan fingerprint density at radius 1 is 1.27 bits per heavy atom. The van der Waals surface area contributed by atoms with E-state index in [2.05, 4.69) is 4.90 Å². The molecule has 62 valence electrons. The highest BCUT2D eigenvalue weighted by molar-refractivity contribution is 5.71. The first kappa shape index (κ1) is 8.31. The predicted octanol–water partition coefficient (Wildman–Crippen LogP) is 1.57. The summed E-state index contributed by atoms with van der Waals surface area (Å²) in [5.41, 5.74) is 0.826. The second-order valence-corrected chi connectivity index (χ2v) is 3.09. The lowest BCUT2D eigenvalue weighted by molar-refractivity contribution is -0.104. The van der Waals surface area contributed by atoms with Crippen LogP contribution >= 0.6 is 0 Å². The number of carbonyl (C=O) groups excluding carboxylic acids is 1. The highest BCUT2D eigenvalue weighted by Crippen LogP contribution is 2.09. The van der Waals surface area contributed by atoms with Crippen LogP contribution in [-0.2, 0) is 4.79 Å². The first-order valence-corrected chi connectivity index (χ1v) is 4.20. The van der Waals surface area contributed by atoms with Crippen LogP contribution in [0.15, 0.2) is 11.8 Å². The summed E-state index contributed by atoms with van der Waals surface area (Å²) in [6.45, 7) is 4.08. The van der Waals surface area contributed by atoms with Crippen LogP contribution in [0.2, 0.25) is 0 Å². The third-order valence-corrected chi connectivity index (χ3v) is 1.96. The van der Waals surface area contributed by atoms with Crippen molar-refractivity contribution in [3.8, 4) is 0 Å². The van der Waals surface area contributed by atoms with Crippen LogP contribution in [0.4, 0.5) is 0 Å². The maximum atomic E-state index is 10.3. The Hall–Kier alpha value is -0.790. The first-order chi connectivity index (χ1) is 5.33. The summed E-state index contributed by atoms with van der Waals surface area (Å²) in [4.78, 5) is 12.5. The van der Waals surface area contributed by atoms with Gasteiger partial charge in [0.1, 0.15) is 6.29 Å². The summed E-state index contributed by atoms with van der Waals surface area (Å²) >= 11 is 0. The Balaban J connectivity index is 2.40. The van der Waals surface area contributed by atoms with E-state index in [0.29, 0.717) is 0 Å². The molecule has 0 amide bonds. The minimum Gasteiger partial charge on any atom is -0.377 e. The molecule has 0 atom stereocenters. The molecule has 0 N–H and O–H groups in total. The smallest absolute Gasteiger partial charge is 0.147 e. The maximum absolute atomic E-state index is 10.3. The first-order valence-electron chi connectivity index (χ1n) is 4.20. The molecular formula is C9H15NO. The van der Waals surface area contributed by atoms with Crippen LogP contribution in [0.1, 0.15) is 26.2 Å². The fraction of sp³-hybridized carbons (Fsp3) is 0.667.